The largest absolute Gasteiger partial charge is 0.326 e. The van der Waals surface area contributed by atoms with Crippen molar-refractivity contribution >= 4 is 35.6 Å². The van der Waals surface area contributed by atoms with Crippen LogP contribution in [0.1, 0.15) is 12.0 Å². The number of halogens is 2. The third-order valence-electron chi connectivity index (χ3n) is 2.06. The molecule has 0 radical (unpaired) electrons. The Kier molecular flexibility index (Phi) is 7.13. The van der Waals surface area contributed by atoms with Crippen molar-refractivity contribution in [3.05, 3.63) is 28.8 Å². The molecule has 0 saturated carbocycles. The first-order chi connectivity index (χ1) is 7.13. The molecule has 0 bridgehead atoms. The Morgan fingerprint density at radius 2 is 2.12 bits per heavy atom. The normalized spacial score (nSPS) is 9.44. The summed E-state index contributed by atoms with van der Waals surface area (Å²) in [6.07, 6.45) is 0.471. The summed E-state index contributed by atoms with van der Waals surface area (Å²) in [5.74, 6) is 0.00905. The molecular weight excluding hydrogens is 247 g/mol. The van der Waals surface area contributed by atoms with Gasteiger partial charge in [0.25, 0.3) is 0 Å². The van der Waals surface area contributed by atoms with Crippen LogP contribution >= 0.6 is 24.0 Å². The molecule has 0 aliphatic carbocycles. The van der Waals surface area contributed by atoms with Crippen LogP contribution in [0.5, 0.6) is 0 Å². The van der Waals surface area contributed by atoms with Crippen LogP contribution in [-0.2, 0) is 4.79 Å². The maximum Gasteiger partial charge on any atom is 0.225 e. The first-order valence-electron chi connectivity index (χ1n) is 4.84. The van der Waals surface area contributed by atoms with E-state index in [0.29, 0.717) is 18.0 Å². The fourth-order valence-electron chi connectivity index (χ4n) is 1.22. The van der Waals surface area contributed by atoms with E-state index < -0.39 is 0 Å². The number of amides is 1. The molecule has 0 aliphatic heterocycles. The number of hydrogen-bond donors (Lipinski definition) is 2. The van der Waals surface area contributed by atoms with Crippen molar-refractivity contribution in [1.29, 1.82) is 0 Å². The highest BCUT2D eigenvalue weighted by atomic mass is 35.5. The third-order valence-corrected chi connectivity index (χ3v) is 2.30. The molecule has 0 saturated heterocycles. The highest BCUT2D eigenvalue weighted by Crippen LogP contribution is 2.19. The maximum absolute atomic E-state index is 11.4. The third kappa shape index (κ3) is 4.84. The van der Waals surface area contributed by atoms with E-state index in [-0.39, 0.29) is 18.3 Å². The number of rotatable bonds is 4. The fraction of sp³-hybridized carbons (Fsp3) is 0.364. The molecule has 1 aromatic rings. The quantitative estimate of drug-likeness (QED) is 0.876. The summed E-state index contributed by atoms with van der Waals surface area (Å²) in [6, 6.07) is 5.41. The molecule has 1 amide bonds. The van der Waals surface area contributed by atoms with Crippen LogP contribution in [0.2, 0.25) is 5.02 Å². The second kappa shape index (κ2) is 7.49. The molecule has 0 unspecified atom stereocenters. The maximum atomic E-state index is 11.4. The second-order valence-electron chi connectivity index (χ2n) is 3.36. The molecule has 5 heteroatoms. The zero-order valence-corrected chi connectivity index (χ0v) is 10.9. The molecule has 16 heavy (non-hydrogen) atoms. The Morgan fingerprint density at radius 3 is 2.69 bits per heavy atom. The highest BCUT2D eigenvalue weighted by Gasteiger charge is 2.04. The van der Waals surface area contributed by atoms with Gasteiger partial charge < -0.3 is 10.6 Å². The summed E-state index contributed by atoms with van der Waals surface area (Å²) in [6.45, 7) is 2.60. The van der Waals surface area contributed by atoms with Crippen molar-refractivity contribution < 1.29 is 4.79 Å². The summed E-state index contributed by atoms with van der Waals surface area (Å²) in [7, 11) is 1.82. The Labute approximate surface area is 107 Å². The Balaban J connectivity index is 0.00000225. The minimum absolute atomic E-state index is 0. The highest BCUT2D eigenvalue weighted by molar-refractivity contribution is 6.30. The predicted octanol–water partition coefficient (Wildman–Crippen LogP) is 2.62. The topological polar surface area (TPSA) is 41.1 Å². The summed E-state index contributed by atoms with van der Waals surface area (Å²) >= 11 is 5.81. The van der Waals surface area contributed by atoms with Crippen molar-refractivity contribution in [2.45, 2.75) is 13.3 Å². The summed E-state index contributed by atoms with van der Waals surface area (Å²) in [5, 5.41) is 6.44. The predicted molar refractivity (Wildman–Crippen MR) is 70.6 cm³/mol. The minimum atomic E-state index is 0. The average Bonchev–Trinajstić information content (AvgIpc) is 2.19. The minimum Gasteiger partial charge on any atom is -0.326 e. The molecule has 0 atom stereocenters. The van der Waals surface area contributed by atoms with E-state index in [2.05, 4.69) is 10.6 Å². The zero-order valence-electron chi connectivity index (χ0n) is 9.34. The molecule has 0 aliphatic rings. The SMILES string of the molecule is CNCCC(=O)Nc1ccc(Cl)cc1C.Cl. The first kappa shape index (κ1) is 15.2. The number of anilines is 1. The van der Waals surface area contributed by atoms with Gasteiger partial charge in [-0.3, -0.25) is 4.79 Å². The number of aryl methyl sites for hydroxylation is 1. The van der Waals surface area contributed by atoms with E-state index >= 15 is 0 Å². The lowest BCUT2D eigenvalue weighted by molar-refractivity contribution is -0.116. The van der Waals surface area contributed by atoms with Crippen LogP contribution in [0.3, 0.4) is 0 Å². The van der Waals surface area contributed by atoms with Crippen molar-refractivity contribution in [1.82, 2.24) is 5.32 Å². The van der Waals surface area contributed by atoms with Gasteiger partial charge in [0.1, 0.15) is 0 Å². The van der Waals surface area contributed by atoms with Crippen LogP contribution in [0.4, 0.5) is 5.69 Å². The van der Waals surface area contributed by atoms with Gasteiger partial charge in [-0.15, -0.1) is 12.4 Å². The molecule has 0 spiro atoms. The monoisotopic (exact) mass is 262 g/mol. The van der Waals surface area contributed by atoms with Gasteiger partial charge in [0.2, 0.25) is 5.91 Å². The van der Waals surface area contributed by atoms with Gasteiger partial charge >= 0.3 is 0 Å². The van der Waals surface area contributed by atoms with E-state index in [4.69, 9.17) is 11.6 Å². The summed E-state index contributed by atoms with van der Waals surface area (Å²) in [5.41, 5.74) is 1.79. The van der Waals surface area contributed by atoms with Crippen molar-refractivity contribution in [3.8, 4) is 0 Å². The van der Waals surface area contributed by atoms with E-state index in [9.17, 15) is 4.79 Å². The number of carbonyl (C=O) groups excluding carboxylic acids is 1. The smallest absolute Gasteiger partial charge is 0.225 e. The Hall–Kier alpha value is -0.770. The van der Waals surface area contributed by atoms with Crippen LogP contribution in [0, 0.1) is 6.92 Å². The van der Waals surface area contributed by atoms with Gasteiger partial charge in [-0.05, 0) is 37.7 Å². The Morgan fingerprint density at radius 1 is 1.44 bits per heavy atom. The second-order valence-corrected chi connectivity index (χ2v) is 3.80. The van der Waals surface area contributed by atoms with E-state index in [0.717, 1.165) is 11.3 Å². The fourth-order valence-corrected chi connectivity index (χ4v) is 1.45. The van der Waals surface area contributed by atoms with Gasteiger partial charge in [0.05, 0.1) is 0 Å². The number of hydrogen-bond acceptors (Lipinski definition) is 2. The molecular formula is C11H16Cl2N2O. The number of benzene rings is 1. The first-order valence-corrected chi connectivity index (χ1v) is 5.22. The van der Waals surface area contributed by atoms with Crippen molar-refractivity contribution in [3.63, 3.8) is 0 Å². The number of nitrogens with one attached hydrogen (secondary N) is 2. The summed E-state index contributed by atoms with van der Waals surface area (Å²) < 4.78 is 0. The van der Waals surface area contributed by atoms with Crippen LogP contribution in [0.15, 0.2) is 18.2 Å². The van der Waals surface area contributed by atoms with Gasteiger partial charge in [0.15, 0.2) is 0 Å². The number of carbonyl (C=O) groups is 1. The lowest BCUT2D eigenvalue weighted by atomic mass is 10.2. The molecule has 3 nitrogen and oxygen atoms in total. The molecule has 1 rings (SSSR count). The van der Waals surface area contributed by atoms with E-state index in [1.807, 2.05) is 26.1 Å². The van der Waals surface area contributed by atoms with Crippen molar-refractivity contribution in [2.24, 2.45) is 0 Å². The van der Waals surface area contributed by atoms with Gasteiger partial charge in [-0.1, -0.05) is 11.6 Å². The van der Waals surface area contributed by atoms with Crippen molar-refractivity contribution in [2.75, 3.05) is 18.9 Å². The van der Waals surface area contributed by atoms with Gasteiger partial charge in [0, 0.05) is 23.7 Å². The summed E-state index contributed by atoms with van der Waals surface area (Å²) in [4.78, 5) is 11.4. The van der Waals surface area contributed by atoms with Gasteiger partial charge in [-0.2, -0.15) is 0 Å². The van der Waals surface area contributed by atoms with Gasteiger partial charge in [-0.25, -0.2) is 0 Å². The van der Waals surface area contributed by atoms with Crippen LogP contribution in [-0.4, -0.2) is 19.5 Å². The molecule has 0 aromatic heterocycles. The molecule has 0 heterocycles. The standard InChI is InChI=1S/C11H15ClN2O.ClH/c1-8-7-9(12)3-4-10(8)14-11(15)5-6-13-2;/h3-4,7,13H,5-6H2,1-2H3,(H,14,15);1H. The van der Waals surface area contributed by atoms with E-state index in [1.165, 1.54) is 0 Å². The lowest BCUT2D eigenvalue weighted by Gasteiger charge is -2.08. The molecule has 0 fully saturated rings. The van der Waals surface area contributed by atoms with Crippen LogP contribution < -0.4 is 10.6 Å². The Bertz CT molecular complexity index is 356. The zero-order chi connectivity index (χ0) is 11.3. The molecule has 1 aromatic carbocycles. The molecule has 2 N–H and O–H groups in total. The molecule has 90 valence electrons. The lowest BCUT2D eigenvalue weighted by Crippen LogP contribution is -2.19. The average molecular weight is 263 g/mol. The van der Waals surface area contributed by atoms with E-state index in [1.54, 1.807) is 6.07 Å². The van der Waals surface area contributed by atoms with Crippen LogP contribution in [0.25, 0.3) is 0 Å².